The molecular weight excluding hydrogens is 520 g/mol. The van der Waals surface area contributed by atoms with Crippen molar-refractivity contribution in [3.8, 4) is 11.1 Å². The maximum absolute atomic E-state index is 13.3. The number of nitro groups is 1. The van der Waals surface area contributed by atoms with Crippen molar-refractivity contribution in [1.29, 1.82) is 0 Å². The van der Waals surface area contributed by atoms with Crippen molar-refractivity contribution in [3.63, 3.8) is 0 Å². The van der Waals surface area contributed by atoms with Crippen LogP contribution < -0.4 is 15.5 Å². The van der Waals surface area contributed by atoms with Gasteiger partial charge in [-0.15, -0.1) is 0 Å². The number of ketones is 1. The molecule has 2 N–H and O–H groups in total. The summed E-state index contributed by atoms with van der Waals surface area (Å²) in [4.78, 5) is 48.4. The van der Waals surface area contributed by atoms with Crippen LogP contribution >= 0.6 is 0 Å². The Bertz CT molecular complexity index is 1690. The lowest BCUT2D eigenvalue weighted by atomic mass is 9.86. The summed E-state index contributed by atoms with van der Waals surface area (Å²) in [5.41, 5.74) is 2.92. The SMILES string of the molecule is CN(C)c1nc(N[C@H]2CC[C@@H](CNC(=O)c3cccc4c3-c3ccc([N+](=O)[O-])cc3C4=O)CC2)nc2ccccc12. The summed E-state index contributed by atoms with van der Waals surface area (Å²) >= 11 is 0. The first-order valence-electron chi connectivity index (χ1n) is 13.8. The van der Waals surface area contributed by atoms with E-state index in [0.29, 0.717) is 40.7 Å². The Morgan fingerprint density at radius 2 is 1.76 bits per heavy atom. The minimum absolute atomic E-state index is 0.147. The van der Waals surface area contributed by atoms with Gasteiger partial charge in [0.2, 0.25) is 5.95 Å². The Balaban J connectivity index is 1.09. The number of nitrogens with one attached hydrogen (secondary N) is 2. The highest BCUT2D eigenvalue weighted by Crippen LogP contribution is 2.40. The number of hydrogen-bond acceptors (Lipinski definition) is 8. The van der Waals surface area contributed by atoms with E-state index in [9.17, 15) is 19.7 Å². The molecule has 0 spiro atoms. The quantitative estimate of drug-likeness (QED) is 0.208. The Kier molecular flexibility index (Phi) is 6.82. The van der Waals surface area contributed by atoms with Gasteiger partial charge in [-0.05, 0) is 61.4 Å². The first-order valence-corrected chi connectivity index (χ1v) is 13.8. The minimum atomic E-state index is -0.524. The van der Waals surface area contributed by atoms with Gasteiger partial charge in [0.15, 0.2) is 5.78 Å². The monoisotopic (exact) mass is 550 g/mol. The van der Waals surface area contributed by atoms with Crippen LogP contribution in [0.1, 0.15) is 52.0 Å². The van der Waals surface area contributed by atoms with Gasteiger partial charge in [-0.2, -0.15) is 4.98 Å². The van der Waals surface area contributed by atoms with Gasteiger partial charge < -0.3 is 15.5 Å². The molecule has 1 fully saturated rings. The standard InChI is InChI=1S/C31H30N6O4/c1-36(2)29-22-6-3-4-9-26(22)34-31(35-29)33-19-12-10-18(11-13-19)17-32-30(39)24-8-5-7-23-27(24)21-15-14-20(37(40)41)16-25(21)28(23)38/h3-9,14-16,18-19H,10-13,17H2,1-2H3,(H,32,39)(H,33,34,35)/t18-,19+. The second-order valence-electron chi connectivity index (χ2n) is 10.9. The third kappa shape index (κ3) is 4.97. The van der Waals surface area contributed by atoms with Gasteiger partial charge in [-0.1, -0.05) is 24.3 Å². The predicted molar refractivity (Wildman–Crippen MR) is 158 cm³/mol. The molecule has 6 rings (SSSR count). The number of benzene rings is 3. The smallest absolute Gasteiger partial charge is 0.270 e. The summed E-state index contributed by atoms with van der Waals surface area (Å²) in [6.45, 7) is 0.535. The second-order valence-corrected chi connectivity index (χ2v) is 10.9. The first kappa shape index (κ1) is 26.4. The summed E-state index contributed by atoms with van der Waals surface area (Å²) in [5, 5.41) is 18.8. The predicted octanol–water partition coefficient (Wildman–Crippen LogP) is 5.22. The van der Waals surface area contributed by atoms with Crippen LogP contribution in [0.2, 0.25) is 0 Å². The zero-order chi connectivity index (χ0) is 28.7. The maximum atomic E-state index is 13.3. The van der Waals surface area contributed by atoms with Crippen LogP contribution in [0.15, 0.2) is 60.7 Å². The van der Waals surface area contributed by atoms with Crippen LogP contribution in [0.5, 0.6) is 0 Å². The number of anilines is 2. The van der Waals surface area contributed by atoms with E-state index in [0.717, 1.165) is 42.4 Å². The van der Waals surface area contributed by atoms with E-state index in [1.165, 1.54) is 12.1 Å². The summed E-state index contributed by atoms with van der Waals surface area (Å²) in [7, 11) is 3.95. The number of nitro benzene ring substituents is 1. The molecule has 2 aliphatic carbocycles. The van der Waals surface area contributed by atoms with E-state index in [2.05, 4.69) is 10.6 Å². The van der Waals surface area contributed by atoms with E-state index in [1.54, 1.807) is 24.3 Å². The Labute approximate surface area is 237 Å². The summed E-state index contributed by atoms with van der Waals surface area (Å²) in [6, 6.07) is 17.5. The van der Waals surface area contributed by atoms with Crippen LogP contribution in [0, 0.1) is 16.0 Å². The first-order chi connectivity index (χ1) is 19.8. The molecule has 0 unspecified atom stereocenters. The van der Waals surface area contributed by atoms with Crippen molar-refractivity contribution in [2.45, 2.75) is 31.7 Å². The molecule has 4 aromatic rings. The Morgan fingerprint density at radius 3 is 2.51 bits per heavy atom. The van der Waals surface area contributed by atoms with E-state index in [1.807, 2.05) is 43.3 Å². The minimum Gasteiger partial charge on any atom is -0.362 e. The molecule has 10 nitrogen and oxygen atoms in total. The third-order valence-corrected chi connectivity index (χ3v) is 8.02. The number of hydrogen-bond donors (Lipinski definition) is 2. The second kappa shape index (κ2) is 10.6. The van der Waals surface area contributed by atoms with Gasteiger partial charge in [-0.25, -0.2) is 4.98 Å². The molecule has 41 heavy (non-hydrogen) atoms. The zero-order valence-electron chi connectivity index (χ0n) is 22.9. The summed E-state index contributed by atoms with van der Waals surface area (Å²) < 4.78 is 0. The number of carbonyl (C=O) groups excluding carboxylic acids is 2. The fourth-order valence-electron chi connectivity index (χ4n) is 5.91. The van der Waals surface area contributed by atoms with Gasteiger partial charge in [0, 0.05) is 66.5 Å². The molecule has 0 radical (unpaired) electrons. The molecule has 1 heterocycles. The Morgan fingerprint density at radius 1 is 0.976 bits per heavy atom. The third-order valence-electron chi connectivity index (χ3n) is 8.02. The fourth-order valence-corrected chi connectivity index (χ4v) is 5.91. The van der Waals surface area contributed by atoms with Crippen LogP contribution in [0.3, 0.4) is 0 Å². The lowest BCUT2D eigenvalue weighted by Crippen LogP contribution is -2.34. The summed E-state index contributed by atoms with van der Waals surface area (Å²) in [5.74, 6) is 1.29. The number of nitrogens with zero attached hydrogens (tertiary/aromatic N) is 4. The average molecular weight is 551 g/mol. The largest absolute Gasteiger partial charge is 0.362 e. The van der Waals surface area contributed by atoms with Gasteiger partial charge in [0.05, 0.1) is 10.4 Å². The molecule has 1 saturated carbocycles. The number of non-ortho nitro benzene ring substituents is 1. The van der Waals surface area contributed by atoms with Gasteiger partial charge >= 0.3 is 0 Å². The molecule has 0 saturated heterocycles. The number of para-hydroxylation sites is 1. The van der Waals surface area contributed by atoms with Crippen molar-refractivity contribution in [1.82, 2.24) is 15.3 Å². The highest BCUT2D eigenvalue weighted by Gasteiger charge is 2.32. The van der Waals surface area contributed by atoms with Crippen molar-refractivity contribution in [2.24, 2.45) is 5.92 Å². The van der Waals surface area contributed by atoms with Crippen LogP contribution in [0.4, 0.5) is 17.5 Å². The highest BCUT2D eigenvalue weighted by atomic mass is 16.6. The van der Waals surface area contributed by atoms with Crippen molar-refractivity contribution >= 4 is 40.0 Å². The number of aromatic nitrogens is 2. The molecule has 3 aromatic carbocycles. The van der Waals surface area contributed by atoms with Crippen LogP contribution in [-0.4, -0.2) is 53.3 Å². The van der Waals surface area contributed by atoms with E-state index in [-0.39, 0.29) is 29.0 Å². The number of amides is 1. The normalized spacial score (nSPS) is 17.6. The average Bonchev–Trinajstić information content (AvgIpc) is 3.27. The number of rotatable bonds is 7. The van der Waals surface area contributed by atoms with Gasteiger partial charge in [0.25, 0.3) is 11.6 Å². The number of fused-ring (bicyclic) bond motifs is 4. The van der Waals surface area contributed by atoms with Gasteiger partial charge in [-0.3, -0.25) is 19.7 Å². The molecule has 1 amide bonds. The van der Waals surface area contributed by atoms with E-state index >= 15 is 0 Å². The zero-order valence-corrected chi connectivity index (χ0v) is 22.9. The van der Waals surface area contributed by atoms with Crippen molar-refractivity contribution < 1.29 is 14.5 Å². The molecule has 0 atom stereocenters. The number of carbonyl (C=O) groups is 2. The van der Waals surface area contributed by atoms with Gasteiger partial charge in [0.1, 0.15) is 5.82 Å². The van der Waals surface area contributed by atoms with Crippen molar-refractivity contribution in [3.05, 3.63) is 87.5 Å². The van der Waals surface area contributed by atoms with Crippen molar-refractivity contribution in [2.75, 3.05) is 30.9 Å². The Hall–Kier alpha value is -4.86. The molecule has 0 bridgehead atoms. The lowest BCUT2D eigenvalue weighted by Gasteiger charge is -2.29. The summed E-state index contributed by atoms with van der Waals surface area (Å²) in [6.07, 6.45) is 3.78. The molecule has 2 aliphatic rings. The molecule has 10 heteroatoms. The fraction of sp³-hybridized carbons (Fsp3) is 0.290. The van der Waals surface area contributed by atoms with E-state index in [4.69, 9.17) is 9.97 Å². The molecule has 1 aromatic heterocycles. The lowest BCUT2D eigenvalue weighted by molar-refractivity contribution is -0.384. The highest BCUT2D eigenvalue weighted by molar-refractivity contribution is 6.24. The maximum Gasteiger partial charge on any atom is 0.270 e. The molecule has 208 valence electrons. The van der Waals surface area contributed by atoms with Crippen LogP contribution in [-0.2, 0) is 0 Å². The topological polar surface area (TPSA) is 130 Å². The molecular formula is C31H30N6O4. The molecule has 0 aliphatic heterocycles. The van der Waals surface area contributed by atoms with Crippen LogP contribution in [0.25, 0.3) is 22.0 Å². The van der Waals surface area contributed by atoms with E-state index < -0.39 is 4.92 Å².